The summed E-state index contributed by atoms with van der Waals surface area (Å²) in [5.74, 6) is 0.555. The van der Waals surface area contributed by atoms with E-state index in [0.29, 0.717) is 16.9 Å². The molecule has 0 atom stereocenters. The predicted octanol–water partition coefficient (Wildman–Crippen LogP) is 1.99. The normalized spacial score (nSPS) is 10.4. The van der Waals surface area contributed by atoms with E-state index in [4.69, 9.17) is 4.74 Å². The zero-order valence-electron chi connectivity index (χ0n) is 10.8. The van der Waals surface area contributed by atoms with E-state index in [1.54, 1.807) is 60.4 Å². The van der Waals surface area contributed by atoms with Crippen molar-refractivity contribution >= 4 is 17.2 Å². The number of pyridine rings is 1. The first-order valence-electron chi connectivity index (χ1n) is 6.01. The van der Waals surface area contributed by atoms with Gasteiger partial charge in [0.2, 0.25) is 0 Å². The van der Waals surface area contributed by atoms with Crippen LogP contribution in [0.2, 0.25) is 0 Å². The number of benzene rings is 1. The number of aromatic nitrogens is 3. The molecule has 2 heterocycles. The van der Waals surface area contributed by atoms with Gasteiger partial charge in [0.15, 0.2) is 5.65 Å². The molecular weight excluding hydrogens is 256 g/mol. The Bertz CT molecular complexity index is 749. The van der Waals surface area contributed by atoms with Gasteiger partial charge in [0.1, 0.15) is 12.1 Å². The summed E-state index contributed by atoms with van der Waals surface area (Å²) in [7, 11) is 1.60. The third kappa shape index (κ3) is 2.31. The maximum absolute atomic E-state index is 12.1. The molecule has 0 aliphatic heterocycles. The number of fused-ring (bicyclic) bond motifs is 1. The van der Waals surface area contributed by atoms with Crippen LogP contribution >= 0.6 is 0 Å². The average molecular weight is 268 g/mol. The van der Waals surface area contributed by atoms with Gasteiger partial charge in [0, 0.05) is 11.9 Å². The Morgan fingerprint density at radius 3 is 2.75 bits per heavy atom. The molecule has 20 heavy (non-hydrogen) atoms. The zero-order chi connectivity index (χ0) is 13.9. The molecule has 1 amide bonds. The van der Waals surface area contributed by atoms with Crippen LogP contribution in [0, 0.1) is 0 Å². The highest BCUT2D eigenvalue weighted by atomic mass is 16.5. The van der Waals surface area contributed by atoms with Gasteiger partial charge >= 0.3 is 0 Å². The number of carbonyl (C=O) groups is 1. The molecule has 0 fully saturated rings. The Labute approximate surface area is 115 Å². The number of methoxy groups -OCH3 is 1. The van der Waals surface area contributed by atoms with Crippen molar-refractivity contribution in [2.24, 2.45) is 0 Å². The highest BCUT2D eigenvalue weighted by molar-refractivity contribution is 6.04. The van der Waals surface area contributed by atoms with E-state index in [0.717, 1.165) is 5.75 Å². The summed E-state index contributed by atoms with van der Waals surface area (Å²) in [5.41, 5.74) is 1.94. The third-order valence-corrected chi connectivity index (χ3v) is 2.90. The van der Waals surface area contributed by atoms with Crippen molar-refractivity contribution in [3.63, 3.8) is 0 Å². The maximum atomic E-state index is 12.1. The van der Waals surface area contributed by atoms with Gasteiger partial charge in [-0.3, -0.25) is 9.20 Å². The SMILES string of the molecule is COc1ccc(NC(=O)c2ccc3nncn3c2)cc1. The number of carbonyl (C=O) groups excluding carboxylic acids is 1. The first-order chi connectivity index (χ1) is 9.76. The second kappa shape index (κ2) is 5.00. The number of hydrogen-bond donors (Lipinski definition) is 1. The number of rotatable bonds is 3. The van der Waals surface area contributed by atoms with Crippen LogP contribution < -0.4 is 10.1 Å². The van der Waals surface area contributed by atoms with Crippen molar-refractivity contribution in [1.29, 1.82) is 0 Å². The van der Waals surface area contributed by atoms with E-state index >= 15 is 0 Å². The monoisotopic (exact) mass is 268 g/mol. The van der Waals surface area contributed by atoms with Gasteiger partial charge in [-0.25, -0.2) is 0 Å². The van der Waals surface area contributed by atoms with E-state index < -0.39 is 0 Å². The van der Waals surface area contributed by atoms with Gasteiger partial charge < -0.3 is 10.1 Å². The Morgan fingerprint density at radius 1 is 1.20 bits per heavy atom. The van der Waals surface area contributed by atoms with Gasteiger partial charge in [-0.1, -0.05) is 0 Å². The molecule has 0 unspecified atom stereocenters. The number of anilines is 1. The van der Waals surface area contributed by atoms with Crippen molar-refractivity contribution in [2.45, 2.75) is 0 Å². The summed E-state index contributed by atoms with van der Waals surface area (Å²) in [6.45, 7) is 0. The van der Waals surface area contributed by atoms with E-state index in [1.807, 2.05) is 0 Å². The number of hydrogen-bond acceptors (Lipinski definition) is 4. The molecule has 3 aromatic rings. The van der Waals surface area contributed by atoms with Crippen LogP contribution in [0.4, 0.5) is 5.69 Å². The molecule has 0 bridgehead atoms. The van der Waals surface area contributed by atoms with Crippen LogP contribution in [0.1, 0.15) is 10.4 Å². The highest BCUT2D eigenvalue weighted by Crippen LogP contribution is 2.16. The first kappa shape index (κ1) is 12.2. The Kier molecular flexibility index (Phi) is 3.04. The molecule has 1 aromatic carbocycles. The van der Waals surface area contributed by atoms with Gasteiger partial charge in [-0.2, -0.15) is 0 Å². The fourth-order valence-electron chi connectivity index (χ4n) is 1.84. The standard InChI is InChI=1S/C14H12N4O2/c1-20-12-5-3-11(4-6-12)16-14(19)10-2-7-13-17-15-9-18(13)8-10/h2-9H,1H3,(H,16,19). The minimum atomic E-state index is -0.189. The lowest BCUT2D eigenvalue weighted by molar-refractivity contribution is 0.102. The molecule has 0 spiro atoms. The summed E-state index contributed by atoms with van der Waals surface area (Å²) >= 11 is 0. The average Bonchev–Trinajstić information content (AvgIpc) is 2.95. The molecule has 0 radical (unpaired) electrons. The number of ether oxygens (including phenoxy) is 1. The second-order valence-electron chi connectivity index (χ2n) is 4.20. The summed E-state index contributed by atoms with van der Waals surface area (Å²) in [4.78, 5) is 12.1. The quantitative estimate of drug-likeness (QED) is 0.788. The van der Waals surface area contributed by atoms with Crippen LogP contribution in [-0.4, -0.2) is 27.6 Å². The first-order valence-corrected chi connectivity index (χ1v) is 6.01. The lowest BCUT2D eigenvalue weighted by atomic mass is 10.2. The van der Waals surface area contributed by atoms with Crippen LogP contribution in [0.25, 0.3) is 5.65 Å². The Hall–Kier alpha value is -2.89. The molecule has 0 aliphatic rings. The molecule has 0 saturated heterocycles. The summed E-state index contributed by atoms with van der Waals surface area (Å²) in [6, 6.07) is 10.6. The van der Waals surface area contributed by atoms with Crippen molar-refractivity contribution in [3.8, 4) is 5.75 Å². The van der Waals surface area contributed by atoms with Crippen molar-refractivity contribution in [1.82, 2.24) is 14.6 Å². The van der Waals surface area contributed by atoms with E-state index in [9.17, 15) is 4.79 Å². The number of amides is 1. The molecule has 6 heteroatoms. The molecule has 0 aliphatic carbocycles. The third-order valence-electron chi connectivity index (χ3n) is 2.90. The smallest absolute Gasteiger partial charge is 0.257 e. The fraction of sp³-hybridized carbons (Fsp3) is 0.0714. The van der Waals surface area contributed by atoms with Crippen molar-refractivity contribution in [3.05, 3.63) is 54.5 Å². The van der Waals surface area contributed by atoms with Crippen molar-refractivity contribution in [2.75, 3.05) is 12.4 Å². The fourth-order valence-corrected chi connectivity index (χ4v) is 1.84. The Morgan fingerprint density at radius 2 is 2.00 bits per heavy atom. The van der Waals surface area contributed by atoms with Crippen LogP contribution in [-0.2, 0) is 0 Å². The topological polar surface area (TPSA) is 68.5 Å². The minimum absolute atomic E-state index is 0.189. The molecule has 2 aromatic heterocycles. The molecule has 1 N–H and O–H groups in total. The molecule has 3 rings (SSSR count). The highest BCUT2D eigenvalue weighted by Gasteiger charge is 2.07. The lowest BCUT2D eigenvalue weighted by Gasteiger charge is -2.06. The molecule has 100 valence electrons. The lowest BCUT2D eigenvalue weighted by Crippen LogP contribution is -2.12. The molecule has 6 nitrogen and oxygen atoms in total. The van der Waals surface area contributed by atoms with Crippen LogP contribution in [0.3, 0.4) is 0 Å². The predicted molar refractivity (Wildman–Crippen MR) is 73.9 cm³/mol. The van der Waals surface area contributed by atoms with Gasteiger partial charge in [-0.05, 0) is 36.4 Å². The summed E-state index contributed by atoms with van der Waals surface area (Å²) < 4.78 is 6.77. The minimum Gasteiger partial charge on any atom is -0.497 e. The molecular formula is C14H12N4O2. The van der Waals surface area contributed by atoms with Gasteiger partial charge in [-0.15, -0.1) is 10.2 Å². The van der Waals surface area contributed by atoms with Gasteiger partial charge in [0.05, 0.1) is 12.7 Å². The van der Waals surface area contributed by atoms with E-state index in [-0.39, 0.29) is 5.91 Å². The van der Waals surface area contributed by atoms with E-state index in [1.165, 1.54) is 0 Å². The van der Waals surface area contributed by atoms with Crippen LogP contribution in [0.5, 0.6) is 5.75 Å². The Balaban J connectivity index is 1.80. The number of nitrogens with zero attached hydrogens (tertiary/aromatic N) is 3. The summed E-state index contributed by atoms with van der Waals surface area (Å²) in [6.07, 6.45) is 3.24. The van der Waals surface area contributed by atoms with Crippen molar-refractivity contribution < 1.29 is 9.53 Å². The number of nitrogens with one attached hydrogen (secondary N) is 1. The second-order valence-corrected chi connectivity index (χ2v) is 4.20. The largest absolute Gasteiger partial charge is 0.497 e. The zero-order valence-corrected chi connectivity index (χ0v) is 10.8. The molecule has 0 saturated carbocycles. The van der Waals surface area contributed by atoms with E-state index in [2.05, 4.69) is 15.5 Å². The maximum Gasteiger partial charge on any atom is 0.257 e. The van der Waals surface area contributed by atoms with Gasteiger partial charge in [0.25, 0.3) is 5.91 Å². The summed E-state index contributed by atoms with van der Waals surface area (Å²) in [5, 5.41) is 10.5. The van der Waals surface area contributed by atoms with Crippen LogP contribution in [0.15, 0.2) is 48.9 Å².